The summed E-state index contributed by atoms with van der Waals surface area (Å²) >= 11 is 0. The number of hydrogen-bond donors (Lipinski definition) is 1. The zero-order valence-electron chi connectivity index (χ0n) is 16.6. The van der Waals surface area contributed by atoms with E-state index in [0.29, 0.717) is 16.8 Å². The average Bonchev–Trinajstić information content (AvgIpc) is 3.49. The third kappa shape index (κ3) is 4.68. The second-order valence-electron chi connectivity index (χ2n) is 7.43. The molecule has 8 nitrogen and oxygen atoms in total. The first-order valence-electron chi connectivity index (χ1n) is 9.55. The molecular formula is C21H22N4O4S. The minimum Gasteiger partial charge on any atom is -0.438 e. The molecule has 1 aliphatic carbocycles. The summed E-state index contributed by atoms with van der Waals surface area (Å²) in [5, 5.41) is 8.96. The van der Waals surface area contributed by atoms with E-state index in [0.717, 1.165) is 24.5 Å². The highest BCUT2D eigenvalue weighted by atomic mass is 32.2. The Balaban J connectivity index is 1.68. The van der Waals surface area contributed by atoms with Crippen LogP contribution < -0.4 is 10.1 Å². The first-order chi connectivity index (χ1) is 14.3. The number of aromatic nitrogens is 3. The molecule has 2 heterocycles. The van der Waals surface area contributed by atoms with Crippen molar-refractivity contribution >= 4 is 26.8 Å². The van der Waals surface area contributed by atoms with Gasteiger partial charge in [-0.3, -0.25) is 9.48 Å². The number of para-hydroxylation sites is 1. The first-order valence-corrected chi connectivity index (χ1v) is 11.5. The van der Waals surface area contributed by atoms with Gasteiger partial charge in [-0.25, -0.2) is 8.42 Å². The van der Waals surface area contributed by atoms with Crippen LogP contribution in [0.1, 0.15) is 23.2 Å². The van der Waals surface area contributed by atoms with E-state index in [-0.39, 0.29) is 29.3 Å². The smallest absolute Gasteiger partial charge is 0.257 e. The van der Waals surface area contributed by atoms with Gasteiger partial charge in [0, 0.05) is 24.1 Å². The Hall–Kier alpha value is -3.20. The number of carbonyl (C=O) groups excluding carboxylic acids is 1. The van der Waals surface area contributed by atoms with Crippen molar-refractivity contribution in [3.63, 3.8) is 0 Å². The van der Waals surface area contributed by atoms with E-state index in [2.05, 4.69) is 15.4 Å². The molecule has 0 bridgehead atoms. The molecule has 2 aromatic heterocycles. The molecule has 0 spiro atoms. The normalized spacial score (nSPS) is 15.4. The number of fused-ring (bicyclic) bond motifs is 1. The minimum absolute atomic E-state index is 0.163. The molecule has 3 aromatic rings. The number of sulfone groups is 1. The maximum Gasteiger partial charge on any atom is 0.257 e. The third-order valence-corrected chi connectivity index (χ3v) is 5.49. The molecule has 1 atom stereocenters. The van der Waals surface area contributed by atoms with Gasteiger partial charge in [-0.15, -0.1) is 0 Å². The van der Waals surface area contributed by atoms with E-state index < -0.39 is 9.84 Å². The summed E-state index contributed by atoms with van der Waals surface area (Å²) in [6.07, 6.45) is 6.17. The van der Waals surface area contributed by atoms with E-state index in [4.69, 9.17) is 4.74 Å². The topological polar surface area (TPSA) is 103 Å². The van der Waals surface area contributed by atoms with Gasteiger partial charge in [0.25, 0.3) is 5.91 Å². The highest BCUT2D eigenvalue weighted by molar-refractivity contribution is 7.93. The number of nitrogens with one attached hydrogen (secondary N) is 1. The maximum atomic E-state index is 13.1. The lowest BCUT2D eigenvalue weighted by Gasteiger charge is -2.16. The summed E-state index contributed by atoms with van der Waals surface area (Å²) < 4.78 is 30.5. The van der Waals surface area contributed by atoms with Crippen LogP contribution in [-0.2, 0) is 16.9 Å². The summed E-state index contributed by atoms with van der Waals surface area (Å²) in [6, 6.07) is 10.4. The molecule has 156 valence electrons. The number of amides is 1. The van der Waals surface area contributed by atoms with Gasteiger partial charge in [-0.1, -0.05) is 24.3 Å². The van der Waals surface area contributed by atoms with Gasteiger partial charge in [0.2, 0.25) is 5.88 Å². The number of hydrogen-bond acceptors (Lipinski definition) is 6. The van der Waals surface area contributed by atoms with Gasteiger partial charge in [0.05, 0.1) is 12.2 Å². The van der Waals surface area contributed by atoms with E-state index in [1.54, 1.807) is 42.2 Å². The lowest BCUT2D eigenvalue weighted by atomic mass is 10.1. The lowest BCUT2D eigenvalue weighted by Crippen LogP contribution is -2.35. The molecule has 1 N–H and O–H groups in total. The van der Waals surface area contributed by atoms with Crippen molar-refractivity contribution in [3.8, 4) is 11.6 Å². The molecular weight excluding hydrogens is 404 g/mol. The van der Waals surface area contributed by atoms with Crippen LogP contribution in [0.25, 0.3) is 11.0 Å². The predicted octanol–water partition coefficient (Wildman–Crippen LogP) is 2.83. The zero-order valence-corrected chi connectivity index (χ0v) is 17.5. The maximum absolute atomic E-state index is 13.1. The van der Waals surface area contributed by atoms with Crippen molar-refractivity contribution in [3.05, 3.63) is 59.6 Å². The molecule has 30 heavy (non-hydrogen) atoms. The van der Waals surface area contributed by atoms with E-state index in [1.807, 2.05) is 18.2 Å². The molecule has 1 unspecified atom stereocenters. The second-order valence-corrected chi connectivity index (χ2v) is 9.36. The zero-order chi connectivity index (χ0) is 21.3. The summed E-state index contributed by atoms with van der Waals surface area (Å²) in [4.78, 5) is 17.6. The van der Waals surface area contributed by atoms with Gasteiger partial charge in [-0.05, 0) is 37.0 Å². The van der Waals surface area contributed by atoms with E-state index in [9.17, 15) is 13.2 Å². The number of benzene rings is 1. The molecule has 0 aliphatic heterocycles. The van der Waals surface area contributed by atoms with Crippen molar-refractivity contribution in [2.45, 2.75) is 18.9 Å². The van der Waals surface area contributed by atoms with E-state index in [1.165, 1.54) is 0 Å². The fraction of sp³-hybridized carbons (Fsp3) is 0.286. The number of nitrogens with zero attached hydrogens (tertiary/aromatic N) is 3. The number of rotatable bonds is 7. The molecule has 1 aromatic carbocycles. The number of ether oxygens (including phenoxy) is 1. The van der Waals surface area contributed by atoms with Gasteiger partial charge in [0.15, 0.2) is 15.5 Å². The van der Waals surface area contributed by atoms with Crippen molar-refractivity contribution in [2.24, 2.45) is 13.0 Å². The Morgan fingerprint density at radius 3 is 2.70 bits per heavy atom. The monoisotopic (exact) mass is 426 g/mol. The third-order valence-electron chi connectivity index (χ3n) is 4.84. The van der Waals surface area contributed by atoms with Crippen molar-refractivity contribution in [2.75, 3.05) is 6.26 Å². The molecule has 1 aliphatic rings. The number of carbonyl (C=O) groups is 1. The fourth-order valence-corrected chi connectivity index (χ4v) is 3.59. The highest BCUT2D eigenvalue weighted by Crippen LogP contribution is 2.34. The number of aryl methyl sites for hydroxylation is 1. The average molecular weight is 426 g/mol. The largest absolute Gasteiger partial charge is 0.438 e. The summed E-state index contributed by atoms with van der Waals surface area (Å²) in [5.41, 5.74) is 0.853. The van der Waals surface area contributed by atoms with Gasteiger partial charge in [0.1, 0.15) is 11.3 Å². The standard InChI is InChI=1S/C21H22N4O4S/c1-25-19-15(13-22-25)12-17(21(24-19)29-16-6-4-3-5-7-16)20(26)23-18(14-8-9-14)10-11-30(2,27)28/h3-7,10-14,18H,8-9H2,1-2H3,(H,23,26). The molecule has 0 saturated heterocycles. The molecule has 1 saturated carbocycles. The number of pyridine rings is 1. The van der Waals surface area contributed by atoms with Crippen LogP contribution in [0, 0.1) is 5.92 Å². The molecule has 9 heteroatoms. The van der Waals surface area contributed by atoms with Gasteiger partial charge in [-0.2, -0.15) is 10.1 Å². The van der Waals surface area contributed by atoms with Crippen LogP contribution >= 0.6 is 0 Å². The Morgan fingerprint density at radius 1 is 1.30 bits per heavy atom. The quantitative estimate of drug-likeness (QED) is 0.623. The Labute approximate surface area is 174 Å². The van der Waals surface area contributed by atoms with Crippen LogP contribution in [0.5, 0.6) is 11.6 Å². The Morgan fingerprint density at radius 2 is 2.03 bits per heavy atom. The molecule has 1 fully saturated rings. The Kier molecular flexibility index (Phi) is 5.29. The van der Waals surface area contributed by atoms with Crippen LogP contribution in [0.4, 0.5) is 0 Å². The Bertz CT molecular complexity index is 1210. The summed E-state index contributed by atoms with van der Waals surface area (Å²) in [6.45, 7) is 0. The molecule has 0 radical (unpaired) electrons. The fourth-order valence-electron chi connectivity index (χ4n) is 3.14. The van der Waals surface area contributed by atoms with Gasteiger partial charge < -0.3 is 10.1 Å². The van der Waals surface area contributed by atoms with Crippen LogP contribution in [0.2, 0.25) is 0 Å². The van der Waals surface area contributed by atoms with E-state index >= 15 is 0 Å². The van der Waals surface area contributed by atoms with Crippen molar-refractivity contribution < 1.29 is 17.9 Å². The van der Waals surface area contributed by atoms with Crippen LogP contribution in [0.3, 0.4) is 0 Å². The minimum atomic E-state index is -3.28. The molecule has 1 amide bonds. The summed E-state index contributed by atoms with van der Waals surface area (Å²) in [5.74, 6) is 0.558. The summed E-state index contributed by atoms with van der Waals surface area (Å²) in [7, 11) is -1.52. The van der Waals surface area contributed by atoms with Crippen LogP contribution in [-0.4, -0.2) is 41.4 Å². The SMILES string of the molecule is Cn1ncc2cc(C(=O)NC(C=CS(C)(=O)=O)C3CC3)c(Oc3ccccc3)nc21. The first kappa shape index (κ1) is 20.1. The van der Waals surface area contributed by atoms with Crippen molar-refractivity contribution in [1.29, 1.82) is 0 Å². The highest BCUT2D eigenvalue weighted by Gasteiger charge is 2.32. The van der Waals surface area contributed by atoms with Gasteiger partial charge >= 0.3 is 0 Å². The van der Waals surface area contributed by atoms with Crippen LogP contribution in [0.15, 0.2) is 54.1 Å². The predicted molar refractivity (Wildman–Crippen MR) is 113 cm³/mol. The lowest BCUT2D eigenvalue weighted by molar-refractivity contribution is 0.0938. The molecule has 4 rings (SSSR count). The second kappa shape index (κ2) is 7.91. The van der Waals surface area contributed by atoms with Crippen molar-refractivity contribution in [1.82, 2.24) is 20.1 Å².